The van der Waals surface area contributed by atoms with Crippen LogP contribution in [0.25, 0.3) is 22.3 Å². The molecule has 16 nitrogen and oxygen atoms in total. The predicted molar refractivity (Wildman–Crippen MR) is 136 cm³/mol. The lowest BCUT2D eigenvalue weighted by molar-refractivity contribution is -0.341. The van der Waals surface area contributed by atoms with Gasteiger partial charge in [-0.05, 0) is 19.1 Å². The number of hydrogen-bond donors (Lipinski definition) is 10. The van der Waals surface area contributed by atoms with Gasteiger partial charge in [-0.1, -0.05) is 0 Å². The third-order valence-corrected chi connectivity index (χ3v) is 7.01. The van der Waals surface area contributed by atoms with Crippen LogP contribution in [0.3, 0.4) is 0 Å². The Morgan fingerprint density at radius 3 is 2.14 bits per heavy atom. The van der Waals surface area contributed by atoms with Gasteiger partial charge in [0.05, 0.1) is 12.7 Å². The first-order valence-electron chi connectivity index (χ1n) is 12.6. The summed E-state index contributed by atoms with van der Waals surface area (Å²) in [5, 5.41) is 101. The van der Waals surface area contributed by atoms with Crippen LogP contribution in [0.5, 0.6) is 34.5 Å². The Labute approximate surface area is 235 Å². The molecule has 9 atom stereocenters. The molecule has 0 radical (unpaired) electrons. The zero-order chi connectivity index (χ0) is 30.6. The van der Waals surface area contributed by atoms with Crippen molar-refractivity contribution in [1.29, 1.82) is 0 Å². The molecular formula is C26H28O16. The number of aromatic hydroxyl groups is 5. The Morgan fingerprint density at radius 1 is 0.810 bits per heavy atom. The number of aliphatic hydroxyl groups is 5. The highest BCUT2D eigenvalue weighted by atomic mass is 16.8. The summed E-state index contributed by atoms with van der Waals surface area (Å²) in [7, 11) is 0. The Hall–Kier alpha value is -3.87. The van der Waals surface area contributed by atoms with Gasteiger partial charge in [0.25, 0.3) is 0 Å². The molecular weight excluding hydrogens is 568 g/mol. The van der Waals surface area contributed by atoms with Gasteiger partial charge in [0.15, 0.2) is 35.4 Å². The molecule has 5 rings (SSSR count). The van der Waals surface area contributed by atoms with Gasteiger partial charge >= 0.3 is 0 Å². The molecule has 10 N–H and O–H groups in total. The van der Waals surface area contributed by atoms with E-state index in [1.54, 1.807) is 0 Å². The first-order valence-corrected chi connectivity index (χ1v) is 12.6. The van der Waals surface area contributed by atoms with E-state index >= 15 is 0 Å². The lowest BCUT2D eigenvalue weighted by Gasteiger charge is -2.44. The van der Waals surface area contributed by atoms with Crippen LogP contribution in [-0.2, 0) is 14.2 Å². The maximum Gasteiger partial charge on any atom is 0.239 e. The summed E-state index contributed by atoms with van der Waals surface area (Å²) in [4.78, 5) is 13.7. The molecule has 228 valence electrons. The van der Waals surface area contributed by atoms with Crippen molar-refractivity contribution in [3.8, 4) is 45.8 Å². The van der Waals surface area contributed by atoms with Crippen LogP contribution in [0.1, 0.15) is 6.92 Å². The lowest BCUT2D eigenvalue weighted by Crippen LogP contribution is -2.62. The minimum atomic E-state index is -1.81. The van der Waals surface area contributed by atoms with Crippen molar-refractivity contribution in [2.45, 2.75) is 62.2 Å². The van der Waals surface area contributed by atoms with E-state index < -0.39 is 113 Å². The summed E-state index contributed by atoms with van der Waals surface area (Å²) in [6.07, 6.45) is -14.6. The van der Waals surface area contributed by atoms with E-state index in [1.165, 1.54) is 6.92 Å². The number of fused-ring (bicyclic) bond motifs is 1. The van der Waals surface area contributed by atoms with Crippen LogP contribution in [0.4, 0.5) is 0 Å². The summed E-state index contributed by atoms with van der Waals surface area (Å²) >= 11 is 0. The van der Waals surface area contributed by atoms with E-state index in [2.05, 4.69) is 0 Å². The molecule has 3 heterocycles. The summed E-state index contributed by atoms with van der Waals surface area (Å²) in [6, 6.07) is 3.67. The molecule has 2 aliphatic rings. The summed E-state index contributed by atoms with van der Waals surface area (Å²) < 4.78 is 28.1. The van der Waals surface area contributed by atoms with Gasteiger partial charge in [0, 0.05) is 17.7 Å². The Balaban J connectivity index is 1.63. The number of phenolic OH excluding ortho intramolecular Hbond substituents is 5. The van der Waals surface area contributed by atoms with Crippen LogP contribution in [0, 0.1) is 0 Å². The molecule has 42 heavy (non-hydrogen) atoms. The molecule has 16 heteroatoms. The summed E-state index contributed by atoms with van der Waals surface area (Å²) in [6.45, 7) is 0.899. The van der Waals surface area contributed by atoms with Crippen molar-refractivity contribution in [2.75, 3.05) is 6.61 Å². The number of aliphatic hydroxyl groups excluding tert-OH is 5. The second kappa shape index (κ2) is 11.1. The molecule has 0 bridgehead atoms. The number of ether oxygens (including phenoxy) is 4. The Morgan fingerprint density at radius 2 is 1.48 bits per heavy atom. The molecule has 2 saturated heterocycles. The van der Waals surface area contributed by atoms with Crippen LogP contribution in [-0.4, -0.2) is 113 Å². The minimum Gasteiger partial charge on any atom is -0.508 e. The van der Waals surface area contributed by atoms with E-state index in [0.29, 0.717) is 0 Å². The average molecular weight is 596 g/mol. The normalized spacial score (nSPS) is 31.7. The minimum absolute atomic E-state index is 0.232. The zero-order valence-electron chi connectivity index (χ0n) is 21.6. The van der Waals surface area contributed by atoms with E-state index in [9.17, 15) is 55.9 Å². The van der Waals surface area contributed by atoms with Crippen LogP contribution in [0.2, 0.25) is 0 Å². The maximum atomic E-state index is 13.7. The highest BCUT2D eigenvalue weighted by Crippen LogP contribution is 2.43. The summed E-state index contributed by atoms with van der Waals surface area (Å²) in [5.74, 6) is -4.94. The fourth-order valence-corrected chi connectivity index (χ4v) is 4.71. The highest BCUT2D eigenvalue weighted by molar-refractivity contribution is 5.88. The van der Waals surface area contributed by atoms with Crippen molar-refractivity contribution in [3.05, 3.63) is 34.5 Å². The number of hydrogen-bond acceptors (Lipinski definition) is 16. The third kappa shape index (κ3) is 5.14. The average Bonchev–Trinajstić information content (AvgIpc) is 2.93. The molecule has 0 spiro atoms. The van der Waals surface area contributed by atoms with Gasteiger partial charge in [0.1, 0.15) is 53.0 Å². The smallest absolute Gasteiger partial charge is 0.239 e. The standard InChI is InChI=1S/C26H28O16/c1-7-16(32)20(36)24(42-25-21(37)18(34)13(31)6-38-25)26(39-7)41-23-19(35)15-10(28)4-9(27)5-14(15)40-22(23)8-2-11(29)17(33)12(30)3-8/h2-5,7,13,16,18,20-21,24-34,36-37H,6H2,1H3. The first-order chi connectivity index (χ1) is 19.8. The molecule has 0 amide bonds. The largest absolute Gasteiger partial charge is 0.508 e. The first kappa shape index (κ1) is 29.6. The van der Waals surface area contributed by atoms with E-state index in [4.69, 9.17) is 23.4 Å². The zero-order valence-corrected chi connectivity index (χ0v) is 21.6. The molecule has 2 aromatic carbocycles. The molecule has 2 aliphatic heterocycles. The fourth-order valence-electron chi connectivity index (χ4n) is 4.71. The number of phenols is 5. The number of benzene rings is 2. The van der Waals surface area contributed by atoms with Gasteiger partial charge < -0.3 is 74.4 Å². The molecule has 1 aromatic heterocycles. The van der Waals surface area contributed by atoms with Crippen molar-refractivity contribution < 1.29 is 74.4 Å². The molecule has 0 saturated carbocycles. The topological polar surface area (TPSA) is 269 Å². The van der Waals surface area contributed by atoms with Gasteiger partial charge in [-0.3, -0.25) is 4.79 Å². The van der Waals surface area contributed by atoms with Crippen LogP contribution in [0.15, 0.2) is 33.5 Å². The summed E-state index contributed by atoms with van der Waals surface area (Å²) in [5.41, 5.74) is -1.64. The van der Waals surface area contributed by atoms with Crippen molar-refractivity contribution in [3.63, 3.8) is 0 Å². The van der Waals surface area contributed by atoms with Gasteiger partial charge in [0.2, 0.25) is 17.5 Å². The predicted octanol–water partition coefficient (Wildman–Crippen LogP) is -1.34. The fraction of sp³-hybridized carbons (Fsp3) is 0.423. The Kier molecular flexibility index (Phi) is 7.82. The van der Waals surface area contributed by atoms with Crippen LogP contribution >= 0.6 is 0 Å². The maximum absolute atomic E-state index is 13.7. The quantitative estimate of drug-likeness (QED) is 0.153. The van der Waals surface area contributed by atoms with E-state index in [1.807, 2.05) is 0 Å². The van der Waals surface area contributed by atoms with E-state index in [0.717, 1.165) is 24.3 Å². The van der Waals surface area contributed by atoms with Crippen molar-refractivity contribution >= 4 is 11.0 Å². The SMILES string of the molecule is CC1OC(Oc2c(-c3cc(O)c(O)c(O)c3)oc3cc(O)cc(O)c3c2=O)C(OC2OCC(O)C(O)C2O)C(O)C1O. The number of rotatable bonds is 5. The van der Waals surface area contributed by atoms with Gasteiger partial charge in [-0.15, -0.1) is 0 Å². The van der Waals surface area contributed by atoms with Gasteiger partial charge in [-0.25, -0.2) is 0 Å². The monoisotopic (exact) mass is 596 g/mol. The third-order valence-electron chi connectivity index (χ3n) is 7.01. The molecule has 3 aromatic rings. The van der Waals surface area contributed by atoms with Crippen LogP contribution < -0.4 is 10.2 Å². The molecule has 0 aliphatic carbocycles. The Bertz CT molecular complexity index is 1510. The van der Waals surface area contributed by atoms with Gasteiger partial charge in [-0.2, -0.15) is 0 Å². The lowest BCUT2D eigenvalue weighted by atomic mass is 9.99. The second-order valence-corrected chi connectivity index (χ2v) is 9.95. The van der Waals surface area contributed by atoms with E-state index in [-0.39, 0.29) is 11.1 Å². The highest BCUT2D eigenvalue weighted by Gasteiger charge is 2.49. The molecule has 2 fully saturated rings. The van der Waals surface area contributed by atoms with Crippen molar-refractivity contribution in [1.82, 2.24) is 0 Å². The molecule has 9 unspecified atom stereocenters. The second-order valence-electron chi connectivity index (χ2n) is 9.95. The van der Waals surface area contributed by atoms with Crippen molar-refractivity contribution in [2.24, 2.45) is 0 Å².